The van der Waals surface area contributed by atoms with Crippen LogP contribution in [0.4, 0.5) is 0 Å². The van der Waals surface area contributed by atoms with Gasteiger partial charge in [0.2, 0.25) is 5.91 Å². The van der Waals surface area contributed by atoms with Crippen molar-refractivity contribution < 1.29 is 4.79 Å². The van der Waals surface area contributed by atoms with Gasteiger partial charge in [-0.25, -0.2) is 0 Å². The monoisotopic (exact) mass is 195 g/mol. The van der Waals surface area contributed by atoms with Crippen molar-refractivity contribution in [2.75, 3.05) is 14.1 Å². The molecule has 2 N–H and O–H groups in total. The molecule has 1 atom stereocenters. The molecule has 0 saturated carbocycles. The molecule has 0 aromatic carbocycles. The molecule has 14 heavy (non-hydrogen) atoms. The fourth-order valence-electron chi connectivity index (χ4n) is 1.21. The normalized spacial score (nSPS) is 12.5. The lowest BCUT2D eigenvalue weighted by atomic mass is 10.2. The largest absolute Gasteiger partial charge is 0.367 e. The number of aromatic nitrogens is 1. The Morgan fingerprint density at radius 1 is 1.64 bits per heavy atom. The summed E-state index contributed by atoms with van der Waals surface area (Å²) in [4.78, 5) is 16.0. The van der Waals surface area contributed by atoms with Gasteiger partial charge in [-0.1, -0.05) is 0 Å². The lowest BCUT2D eigenvalue weighted by Gasteiger charge is -2.17. The second kappa shape index (κ2) is 4.81. The Balaban J connectivity index is 2.35. The highest BCUT2D eigenvalue weighted by Crippen LogP contribution is 1.97. The highest BCUT2D eigenvalue weighted by atomic mass is 16.2. The molecule has 1 amide bonds. The van der Waals surface area contributed by atoms with Gasteiger partial charge in [-0.2, -0.15) is 0 Å². The fourth-order valence-corrected chi connectivity index (χ4v) is 1.21. The number of nitrogens with one attached hydrogen (secondary N) is 2. The van der Waals surface area contributed by atoms with E-state index in [1.807, 2.05) is 25.4 Å². The topological polar surface area (TPSA) is 48.1 Å². The van der Waals surface area contributed by atoms with Crippen molar-refractivity contribution in [1.29, 1.82) is 0 Å². The predicted octanol–water partition coefficient (Wildman–Crippen LogP) is 0.581. The van der Waals surface area contributed by atoms with E-state index in [0.29, 0.717) is 6.54 Å². The minimum atomic E-state index is -0.139. The van der Waals surface area contributed by atoms with Gasteiger partial charge in [0.05, 0.1) is 6.04 Å². The molecule has 0 aliphatic heterocycles. The molecule has 0 aliphatic carbocycles. The van der Waals surface area contributed by atoms with Crippen LogP contribution >= 0.6 is 0 Å². The van der Waals surface area contributed by atoms with Crippen molar-refractivity contribution >= 4 is 5.91 Å². The minimum absolute atomic E-state index is 0.0977. The van der Waals surface area contributed by atoms with Crippen LogP contribution in [0.5, 0.6) is 0 Å². The minimum Gasteiger partial charge on any atom is -0.367 e. The van der Waals surface area contributed by atoms with Gasteiger partial charge in [-0.05, 0) is 18.6 Å². The summed E-state index contributed by atoms with van der Waals surface area (Å²) in [5, 5.41) is 3.15. The first-order valence-electron chi connectivity index (χ1n) is 4.67. The molecule has 4 heteroatoms. The van der Waals surface area contributed by atoms with Crippen LogP contribution in [0.25, 0.3) is 0 Å². The van der Waals surface area contributed by atoms with E-state index in [2.05, 4.69) is 10.3 Å². The van der Waals surface area contributed by atoms with E-state index in [1.54, 1.807) is 19.0 Å². The molecule has 78 valence electrons. The molecule has 1 aromatic heterocycles. The zero-order valence-electron chi connectivity index (χ0n) is 8.87. The SMILES string of the molecule is C[C@@H](NCc1cc[nH]c1)C(=O)N(C)C. The summed E-state index contributed by atoms with van der Waals surface area (Å²) in [6.45, 7) is 2.58. The number of carbonyl (C=O) groups is 1. The van der Waals surface area contributed by atoms with Gasteiger partial charge in [-0.15, -0.1) is 0 Å². The Labute approximate surface area is 84.3 Å². The van der Waals surface area contributed by atoms with Gasteiger partial charge in [0.15, 0.2) is 0 Å². The third-order valence-electron chi connectivity index (χ3n) is 2.09. The number of nitrogens with zero attached hydrogens (tertiary/aromatic N) is 1. The van der Waals surface area contributed by atoms with Crippen LogP contribution in [0.3, 0.4) is 0 Å². The molecule has 0 fully saturated rings. The third-order valence-corrected chi connectivity index (χ3v) is 2.09. The van der Waals surface area contributed by atoms with Crippen LogP contribution in [0.1, 0.15) is 12.5 Å². The summed E-state index contributed by atoms with van der Waals surface area (Å²) < 4.78 is 0. The van der Waals surface area contributed by atoms with E-state index in [1.165, 1.54) is 0 Å². The van der Waals surface area contributed by atoms with Crippen molar-refractivity contribution in [2.45, 2.75) is 19.5 Å². The number of H-pyrrole nitrogens is 1. The second-order valence-electron chi connectivity index (χ2n) is 3.55. The van der Waals surface area contributed by atoms with Gasteiger partial charge in [0.25, 0.3) is 0 Å². The van der Waals surface area contributed by atoms with Crippen molar-refractivity contribution in [3.63, 3.8) is 0 Å². The molecule has 1 aromatic rings. The van der Waals surface area contributed by atoms with E-state index in [9.17, 15) is 4.79 Å². The summed E-state index contributed by atoms with van der Waals surface area (Å²) in [5.74, 6) is 0.0977. The molecule has 1 rings (SSSR count). The van der Waals surface area contributed by atoms with Crippen LogP contribution in [0.2, 0.25) is 0 Å². The molecule has 0 aliphatic rings. The summed E-state index contributed by atoms with van der Waals surface area (Å²) >= 11 is 0. The molecule has 0 spiro atoms. The van der Waals surface area contributed by atoms with Gasteiger partial charge < -0.3 is 15.2 Å². The molecule has 0 saturated heterocycles. The first kappa shape index (κ1) is 10.8. The number of hydrogen-bond donors (Lipinski definition) is 2. The number of likely N-dealkylation sites (N-methyl/N-ethyl adjacent to an activating group) is 1. The van der Waals surface area contributed by atoms with Crippen LogP contribution in [-0.4, -0.2) is 35.9 Å². The van der Waals surface area contributed by atoms with Crippen molar-refractivity contribution in [3.05, 3.63) is 24.0 Å². The van der Waals surface area contributed by atoms with E-state index in [0.717, 1.165) is 5.56 Å². The van der Waals surface area contributed by atoms with Gasteiger partial charge in [0, 0.05) is 33.0 Å². The van der Waals surface area contributed by atoms with Crippen LogP contribution in [-0.2, 0) is 11.3 Å². The maximum Gasteiger partial charge on any atom is 0.238 e. The Bertz CT molecular complexity index is 280. The Hall–Kier alpha value is -1.29. The quantitative estimate of drug-likeness (QED) is 0.738. The number of hydrogen-bond acceptors (Lipinski definition) is 2. The van der Waals surface area contributed by atoms with Gasteiger partial charge in [-0.3, -0.25) is 4.79 Å². The molecular formula is C10H17N3O. The molecule has 0 bridgehead atoms. The maximum atomic E-state index is 11.5. The highest BCUT2D eigenvalue weighted by molar-refractivity contribution is 5.80. The molecule has 0 radical (unpaired) electrons. The van der Waals surface area contributed by atoms with Crippen LogP contribution in [0.15, 0.2) is 18.5 Å². The average Bonchev–Trinajstić information content (AvgIpc) is 2.65. The lowest BCUT2D eigenvalue weighted by Crippen LogP contribution is -2.41. The Morgan fingerprint density at radius 3 is 2.86 bits per heavy atom. The number of rotatable bonds is 4. The fraction of sp³-hybridized carbons (Fsp3) is 0.500. The number of carbonyl (C=O) groups excluding carboxylic acids is 1. The maximum absolute atomic E-state index is 11.5. The molecular weight excluding hydrogens is 178 g/mol. The first-order valence-corrected chi connectivity index (χ1v) is 4.67. The molecule has 4 nitrogen and oxygen atoms in total. The summed E-state index contributed by atoms with van der Waals surface area (Å²) in [5.41, 5.74) is 1.16. The first-order chi connectivity index (χ1) is 6.61. The van der Waals surface area contributed by atoms with E-state index < -0.39 is 0 Å². The highest BCUT2D eigenvalue weighted by Gasteiger charge is 2.13. The summed E-state index contributed by atoms with van der Waals surface area (Å²) in [6.07, 6.45) is 3.79. The predicted molar refractivity (Wildman–Crippen MR) is 55.8 cm³/mol. The van der Waals surface area contributed by atoms with E-state index >= 15 is 0 Å². The third kappa shape index (κ3) is 2.88. The smallest absolute Gasteiger partial charge is 0.238 e. The van der Waals surface area contributed by atoms with E-state index in [4.69, 9.17) is 0 Å². The zero-order valence-corrected chi connectivity index (χ0v) is 8.87. The number of aromatic amines is 1. The molecule has 0 unspecified atom stereocenters. The second-order valence-corrected chi connectivity index (χ2v) is 3.55. The van der Waals surface area contributed by atoms with E-state index in [-0.39, 0.29) is 11.9 Å². The summed E-state index contributed by atoms with van der Waals surface area (Å²) in [6, 6.07) is 1.85. The van der Waals surface area contributed by atoms with Crippen molar-refractivity contribution in [3.8, 4) is 0 Å². The van der Waals surface area contributed by atoms with Crippen LogP contribution in [0, 0.1) is 0 Å². The lowest BCUT2D eigenvalue weighted by molar-refractivity contribution is -0.130. The standard InChI is InChI=1S/C10H17N3O/c1-8(10(14)13(2)3)12-7-9-4-5-11-6-9/h4-6,8,11-12H,7H2,1-3H3/t8-/m1/s1. The average molecular weight is 195 g/mol. The summed E-state index contributed by atoms with van der Waals surface area (Å²) in [7, 11) is 3.52. The number of amides is 1. The van der Waals surface area contributed by atoms with Crippen molar-refractivity contribution in [2.24, 2.45) is 0 Å². The zero-order chi connectivity index (χ0) is 10.6. The van der Waals surface area contributed by atoms with Gasteiger partial charge in [0.1, 0.15) is 0 Å². The Kier molecular flexibility index (Phi) is 3.71. The molecule has 1 heterocycles. The van der Waals surface area contributed by atoms with Crippen molar-refractivity contribution in [1.82, 2.24) is 15.2 Å². The van der Waals surface area contributed by atoms with Gasteiger partial charge >= 0.3 is 0 Å². The Morgan fingerprint density at radius 2 is 2.36 bits per heavy atom. The van der Waals surface area contributed by atoms with Crippen LogP contribution < -0.4 is 5.32 Å².